The Labute approximate surface area is 480 Å². The summed E-state index contributed by atoms with van der Waals surface area (Å²) >= 11 is 0. The van der Waals surface area contributed by atoms with E-state index in [0.717, 1.165) is 0 Å². The van der Waals surface area contributed by atoms with Crippen molar-refractivity contribution in [2.75, 3.05) is 62.3 Å². The van der Waals surface area contributed by atoms with E-state index in [9.17, 15) is 34.3 Å². The summed E-state index contributed by atoms with van der Waals surface area (Å²) in [5.41, 5.74) is 2.58. The number of piperidine rings is 1. The zero-order valence-electron chi connectivity index (χ0n) is 47.4. The smallest absolute Gasteiger partial charge is 0.326 e. The van der Waals surface area contributed by atoms with E-state index in [1.807, 2.05) is 68.4 Å². The van der Waals surface area contributed by atoms with Crippen LogP contribution in [0.15, 0.2) is 91.6 Å². The van der Waals surface area contributed by atoms with Gasteiger partial charge >= 0.3 is 5.97 Å². The van der Waals surface area contributed by atoms with Crippen LogP contribution in [0.3, 0.4) is 0 Å². The number of ether oxygens (including phenoxy) is 4. The molecule has 0 unspecified atom stereocenters. The van der Waals surface area contributed by atoms with Crippen molar-refractivity contribution in [3.63, 3.8) is 0 Å². The monoisotopic (exact) mass is 1130 g/mol. The molecule has 83 heavy (non-hydrogen) atoms. The highest BCUT2D eigenvalue weighted by molar-refractivity contribution is 6.13. The van der Waals surface area contributed by atoms with E-state index in [-0.39, 0.29) is 86.1 Å². The summed E-state index contributed by atoms with van der Waals surface area (Å²) in [6.07, 6.45) is 10.1. The maximum absolute atomic E-state index is 13.5. The van der Waals surface area contributed by atoms with Gasteiger partial charge in [-0.25, -0.2) is 34.4 Å². The summed E-state index contributed by atoms with van der Waals surface area (Å²) in [5, 5.41) is 30.2. The average molecular weight is 1130 g/mol. The number of anilines is 2. The van der Waals surface area contributed by atoms with E-state index < -0.39 is 23.5 Å². The third kappa shape index (κ3) is 14.8. The van der Waals surface area contributed by atoms with E-state index in [1.54, 1.807) is 72.2 Å². The average Bonchev–Trinajstić information content (AvgIpc) is 2.51. The Balaban J connectivity index is 0.646. The van der Waals surface area contributed by atoms with Crippen LogP contribution in [-0.2, 0) is 43.6 Å². The van der Waals surface area contributed by atoms with Crippen LogP contribution < -0.4 is 24.6 Å². The van der Waals surface area contributed by atoms with E-state index in [4.69, 9.17) is 23.9 Å². The zero-order valence-corrected chi connectivity index (χ0v) is 47.4. The minimum Gasteiger partial charge on any atom is -0.490 e. The van der Waals surface area contributed by atoms with E-state index in [2.05, 4.69) is 41.6 Å². The van der Waals surface area contributed by atoms with Crippen LogP contribution in [-0.4, -0.2) is 161 Å². The number of aromatic nitrogens is 8. The number of aliphatic carboxylic acids is 1. The summed E-state index contributed by atoms with van der Waals surface area (Å²) in [6, 6.07) is 18.3. The van der Waals surface area contributed by atoms with Crippen LogP contribution in [0.25, 0.3) is 11.3 Å². The number of Topliss-reactive ketones (excluding diaryl/α,β-unsaturated/α-hetero) is 1. The lowest BCUT2D eigenvalue weighted by Crippen LogP contribution is -2.55. The van der Waals surface area contributed by atoms with Crippen molar-refractivity contribution in [1.29, 1.82) is 5.26 Å². The van der Waals surface area contributed by atoms with Crippen LogP contribution in [0, 0.1) is 16.7 Å². The number of fused-ring (bicyclic) bond motifs is 1. The molecule has 24 nitrogen and oxygen atoms in total. The van der Waals surface area contributed by atoms with Gasteiger partial charge in [-0.1, -0.05) is 38.1 Å². The second-order valence-electron chi connectivity index (χ2n) is 22.5. The fraction of sp³-hybridized carbons (Fsp3) is 0.441. The molecule has 3 aliphatic heterocycles. The summed E-state index contributed by atoms with van der Waals surface area (Å²) in [6.45, 7) is 15.0. The second-order valence-corrected chi connectivity index (χ2v) is 22.5. The lowest BCUT2D eigenvalue weighted by molar-refractivity contribution is -0.140. The van der Waals surface area contributed by atoms with Gasteiger partial charge in [0.15, 0.2) is 5.78 Å². The first kappa shape index (κ1) is 58.7. The van der Waals surface area contributed by atoms with Crippen molar-refractivity contribution in [2.45, 2.75) is 111 Å². The Morgan fingerprint density at radius 1 is 0.904 bits per heavy atom. The number of nitrogens with one attached hydrogen (secondary N) is 1. The first-order valence-corrected chi connectivity index (χ1v) is 27.6. The molecular formula is C59H68N14O10. The van der Waals surface area contributed by atoms with Crippen LogP contribution >= 0.6 is 0 Å². The fourth-order valence-corrected chi connectivity index (χ4v) is 10.0. The topological polar surface area (TPSA) is 286 Å². The molecule has 2 atom stereocenters. The number of carbonyl (C=O) groups is 5. The van der Waals surface area contributed by atoms with Gasteiger partial charge < -0.3 is 49.0 Å². The molecule has 434 valence electrons. The van der Waals surface area contributed by atoms with Crippen LogP contribution in [0.2, 0.25) is 0 Å². The molecule has 2 saturated heterocycles. The number of likely N-dealkylation sites (tertiary alicyclic amines) is 1. The van der Waals surface area contributed by atoms with Crippen molar-refractivity contribution >= 4 is 41.2 Å². The number of carbonyl (C=O) groups excluding carboxylic acids is 4. The fourth-order valence-electron chi connectivity index (χ4n) is 10.0. The van der Waals surface area contributed by atoms with E-state index in [0.29, 0.717) is 115 Å². The molecule has 3 amide bonds. The molecule has 3 aliphatic rings. The van der Waals surface area contributed by atoms with Gasteiger partial charge in [-0.15, -0.1) is 5.10 Å². The third-order valence-electron chi connectivity index (χ3n) is 14.7. The number of nitrogens with zero attached hydrogens (tertiary/aromatic N) is 13. The van der Waals surface area contributed by atoms with Crippen LogP contribution in [0.1, 0.15) is 105 Å². The minimum atomic E-state index is -1.09. The number of pyridine rings is 3. The molecule has 5 aromatic heterocycles. The highest BCUT2D eigenvalue weighted by Gasteiger charge is 2.45. The zero-order chi connectivity index (χ0) is 58.8. The Hall–Kier alpha value is -8.95. The Kier molecular flexibility index (Phi) is 18.3. The number of carboxylic acids is 1. The summed E-state index contributed by atoms with van der Waals surface area (Å²) < 4.78 is 25.0. The van der Waals surface area contributed by atoms with E-state index >= 15 is 0 Å². The lowest BCUT2D eigenvalue weighted by Gasteiger charge is -2.39. The van der Waals surface area contributed by atoms with Gasteiger partial charge in [0.25, 0.3) is 5.91 Å². The number of benzene rings is 1. The summed E-state index contributed by atoms with van der Waals surface area (Å²) in [4.78, 5) is 94.7. The predicted molar refractivity (Wildman–Crippen MR) is 301 cm³/mol. The first-order chi connectivity index (χ1) is 39.8. The largest absolute Gasteiger partial charge is 0.490 e. The Morgan fingerprint density at radius 3 is 2.40 bits per heavy atom. The standard InChI is InChI=1S/C59H68N14O10/c1-38-32-70(57-63-30-41(31-64-57)47-14-13-46-53(76)59(5,6)73(54(46)65-47)33-40-9-8-20-61-49(40)28-60)23-24-72(38)51(74)35-71-34-42(67-68-71)36-80-25-26-81-37-52(75)69-21-17-43(18-22-69)82-44-10-7-11-45(27-44)83-50-15-12-39(29-62-50)55(77)66-48(56(78)79)16-19-58(2,3)4/h7-15,20,27,29-31,34,38,43,48H,16-19,21-26,32-33,35-37H2,1-6H3,(H,66,77)(H,78,79)/t38-,48+/m1/s1. The van der Waals surface area contributed by atoms with Crippen molar-refractivity contribution in [2.24, 2.45) is 5.41 Å². The van der Waals surface area contributed by atoms with Gasteiger partial charge in [-0.3, -0.25) is 19.2 Å². The molecule has 9 rings (SSSR count). The maximum Gasteiger partial charge on any atom is 0.326 e. The maximum atomic E-state index is 13.5. The number of rotatable bonds is 22. The number of nitriles is 1. The van der Waals surface area contributed by atoms with Crippen LogP contribution in [0.5, 0.6) is 17.4 Å². The molecule has 0 saturated carbocycles. The molecule has 8 heterocycles. The number of amides is 3. The minimum absolute atomic E-state index is 0.00696. The highest BCUT2D eigenvalue weighted by Crippen LogP contribution is 2.40. The van der Waals surface area contributed by atoms with E-state index in [1.165, 1.54) is 16.9 Å². The summed E-state index contributed by atoms with van der Waals surface area (Å²) in [7, 11) is 0. The number of hydrogen-bond acceptors (Lipinski definition) is 19. The predicted octanol–water partition coefficient (Wildman–Crippen LogP) is 5.92. The quantitative estimate of drug-likeness (QED) is 0.0746. The molecular weight excluding hydrogens is 1060 g/mol. The second kappa shape index (κ2) is 25.9. The van der Waals surface area contributed by atoms with Gasteiger partial charge in [0.05, 0.1) is 48.4 Å². The van der Waals surface area contributed by atoms with Crippen molar-refractivity contribution in [1.82, 2.24) is 55.0 Å². The highest BCUT2D eigenvalue weighted by atomic mass is 16.5. The number of ketones is 1. The SMILES string of the molecule is C[C@@H]1CN(c2ncc(-c3ccc4c(n3)N(Cc3cccnc3C#N)C(C)(C)C4=O)cn2)CCN1C(=O)Cn1cc(COCCOCC(=O)N2CCC(Oc3cccc(Oc4ccc(C(=O)N[C@@H](CCC(C)(C)C)C(=O)O)cn4)c3)CC2)nn1. The molecule has 2 fully saturated rings. The van der Waals surface area contributed by atoms with Gasteiger partial charge in [-0.05, 0) is 75.4 Å². The number of carboxylic acid groups (broad SMARTS) is 1. The number of hydrogen-bond donors (Lipinski definition) is 2. The Bertz CT molecular complexity index is 3340. The molecule has 0 radical (unpaired) electrons. The van der Waals surface area contributed by atoms with Crippen molar-refractivity contribution in [3.05, 3.63) is 120 Å². The molecule has 0 aliphatic carbocycles. The molecule has 2 N–H and O–H groups in total. The normalized spacial score (nSPS) is 16.5. The molecule has 24 heteroatoms. The third-order valence-corrected chi connectivity index (χ3v) is 14.7. The lowest BCUT2D eigenvalue weighted by atomic mass is 9.88. The van der Waals surface area contributed by atoms with Crippen molar-refractivity contribution < 1.29 is 48.0 Å². The van der Waals surface area contributed by atoms with Crippen molar-refractivity contribution in [3.8, 4) is 34.7 Å². The number of piperazine rings is 1. The summed E-state index contributed by atoms with van der Waals surface area (Å²) in [5.74, 6) is 0.457. The first-order valence-electron chi connectivity index (χ1n) is 27.6. The molecule has 1 aromatic carbocycles. The molecule has 0 spiro atoms. The molecule has 0 bridgehead atoms. The molecule has 6 aromatic rings. The van der Waals surface area contributed by atoms with Gasteiger partial charge in [0, 0.05) is 106 Å². The van der Waals surface area contributed by atoms with Crippen LogP contribution in [0.4, 0.5) is 11.8 Å². The Morgan fingerprint density at radius 2 is 1.67 bits per heavy atom. The van der Waals surface area contributed by atoms with Gasteiger partial charge in [-0.2, -0.15) is 5.26 Å². The van der Waals surface area contributed by atoms with Gasteiger partial charge in [0.1, 0.15) is 60.1 Å². The van der Waals surface area contributed by atoms with Gasteiger partial charge in [0.2, 0.25) is 23.6 Å².